The maximum atomic E-state index is 12.1. The molecule has 82 valence electrons. The largest absolute Gasteiger partial charge is 0.472 e. The second-order valence-corrected chi connectivity index (χ2v) is 3.40. The average molecular weight is 215 g/mol. The van der Waals surface area contributed by atoms with Crippen molar-refractivity contribution in [1.82, 2.24) is 0 Å². The van der Waals surface area contributed by atoms with E-state index in [-0.39, 0.29) is 5.91 Å². The van der Waals surface area contributed by atoms with Crippen LogP contribution < -0.4 is 4.90 Å². The fourth-order valence-corrected chi connectivity index (χ4v) is 1.59. The summed E-state index contributed by atoms with van der Waals surface area (Å²) in [5.41, 5.74) is 1.47. The lowest BCUT2D eigenvalue weighted by Gasteiger charge is -2.20. The number of hydrogen-bond donors (Lipinski definition) is 0. The van der Waals surface area contributed by atoms with Gasteiger partial charge in [0.15, 0.2) is 0 Å². The maximum absolute atomic E-state index is 12.1. The van der Waals surface area contributed by atoms with Crippen molar-refractivity contribution >= 4 is 11.6 Å². The fourth-order valence-electron chi connectivity index (χ4n) is 1.59. The Morgan fingerprint density at radius 2 is 2.00 bits per heavy atom. The summed E-state index contributed by atoms with van der Waals surface area (Å²) >= 11 is 0. The Labute approximate surface area is 94.3 Å². The molecule has 1 heterocycles. The molecule has 1 aromatic heterocycles. The second kappa shape index (κ2) is 4.66. The lowest BCUT2D eigenvalue weighted by atomic mass is 10.2. The van der Waals surface area contributed by atoms with E-state index in [1.54, 1.807) is 11.0 Å². The van der Waals surface area contributed by atoms with Crippen molar-refractivity contribution < 1.29 is 9.21 Å². The van der Waals surface area contributed by atoms with E-state index in [9.17, 15) is 4.79 Å². The van der Waals surface area contributed by atoms with Crippen LogP contribution in [0.4, 0.5) is 5.69 Å². The third-order valence-electron chi connectivity index (χ3n) is 2.40. The van der Waals surface area contributed by atoms with E-state index >= 15 is 0 Å². The van der Waals surface area contributed by atoms with Crippen LogP contribution in [-0.2, 0) is 0 Å². The lowest BCUT2D eigenvalue weighted by Crippen LogP contribution is -2.30. The standard InChI is InChI=1S/C13H13NO2/c1-2-14(12-6-4-3-5-7-12)13(15)11-8-9-16-10-11/h3-10H,2H2,1H3. The number of carbonyl (C=O) groups is 1. The van der Waals surface area contributed by atoms with Crippen LogP contribution in [0, 0.1) is 0 Å². The van der Waals surface area contributed by atoms with Gasteiger partial charge in [-0.25, -0.2) is 0 Å². The van der Waals surface area contributed by atoms with Gasteiger partial charge in [0.25, 0.3) is 5.91 Å². The molecule has 3 heteroatoms. The van der Waals surface area contributed by atoms with Gasteiger partial charge in [0.05, 0.1) is 11.8 Å². The fraction of sp³-hybridized carbons (Fsp3) is 0.154. The molecular weight excluding hydrogens is 202 g/mol. The number of nitrogens with zero attached hydrogens (tertiary/aromatic N) is 1. The van der Waals surface area contributed by atoms with Crippen molar-refractivity contribution in [2.24, 2.45) is 0 Å². The lowest BCUT2D eigenvalue weighted by molar-refractivity contribution is 0.0987. The molecule has 3 nitrogen and oxygen atoms in total. The summed E-state index contributed by atoms with van der Waals surface area (Å²) in [6.07, 6.45) is 2.97. The summed E-state index contributed by atoms with van der Waals surface area (Å²) in [4.78, 5) is 13.8. The molecule has 2 rings (SSSR count). The minimum atomic E-state index is -0.0394. The Morgan fingerprint density at radius 1 is 1.25 bits per heavy atom. The highest BCUT2D eigenvalue weighted by atomic mass is 16.3. The maximum Gasteiger partial charge on any atom is 0.261 e. The highest BCUT2D eigenvalue weighted by Gasteiger charge is 2.16. The molecule has 0 spiro atoms. The van der Waals surface area contributed by atoms with Crippen molar-refractivity contribution in [3.05, 3.63) is 54.5 Å². The highest BCUT2D eigenvalue weighted by molar-refractivity contribution is 6.05. The summed E-state index contributed by atoms with van der Waals surface area (Å²) in [6, 6.07) is 11.3. The van der Waals surface area contributed by atoms with Crippen molar-refractivity contribution in [2.75, 3.05) is 11.4 Å². The van der Waals surface area contributed by atoms with E-state index in [0.29, 0.717) is 12.1 Å². The van der Waals surface area contributed by atoms with Gasteiger partial charge in [-0.05, 0) is 25.1 Å². The average Bonchev–Trinajstić information content (AvgIpc) is 2.85. The first kappa shape index (κ1) is 10.5. The molecule has 0 radical (unpaired) electrons. The minimum absolute atomic E-state index is 0.0394. The van der Waals surface area contributed by atoms with E-state index < -0.39 is 0 Å². The molecule has 0 fully saturated rings. The zero-order valence-electron chi connectivity index (χ0n) is 9.09. The highest BCUT2D eigenvalue weighted by Crippen LogP contribution is 2.16. The van der Waals surface area contributed by atoms with Crippen LogP contribution in [0.25, 0.3) is 0 Å². The topological polar surface area (TPSA) is 33.5 Å². The van der Waals surface area contributed by atoms with Crippen molar-refractivity contribution in [1.29, 1.82) is 0 Å². The molecule has 1 amide bonds. The molecule has 0 N–H and O–H groups in total. The summed E-state index contributed by atoms with van der Waals surface area (Å²) in [7, 11) is 0. The Kier molecular flexibility index (Phi) is 3.05. The summed E-state index contributed by atoms with van der Waals surface area (Å²) < 4.78 is 4.92. The monoisotopic (exact) mass is 215 g/mol. The number of rotatable bonds is 3. The number of para-hydroxylation sites is 1. The van der Waals surface area contributed by atoms with Gasteiger partial charge in [-0.1, -0.05) is 18.2 Å². The minimum Gasteiger partial charge on any atom is -0.472 e. The number of amides is 1. The third kappa shape index (κ3) is 1.98. The van der Waals surface area contributed by atoms with Crippen LogP contribution in [0.1, 0.15) is 17.3 Å². The second-order valence-electron chi connectivity index (χ2n) is 3.40. The Balaban J connectivity index is 2.27. The zero-order chi connectivity index (χ0) is 11.4. The summed E-state index contributed by atoms with van der Waals surface area (Å²) in [6.45, 7) is 2.58. The van der Waals surface area contributed by atoms with Crippen LogP contribution in [0.2, 0.25) is 0 Å². The SMILES string of the molecule is CCN(C(=O)c1ccoc1)c1ccccc1. The molecule has 16 heavy (non-hydrogen) atoms. The summed E-state index contributed by atoms with van der Waals surface area (Å²) in [5, 5.41) is 0. The smallest absolute Gasteiger partial charge is 0.261 e. The van der Waals surface area contributed by atoms with Crippen LogP contribution in [0.15, 0.2) is 53.3 Å². The Morgan fingerprint density at radius 3 is 2.56 bits per heavy atom. The molecular formula is C13H13NO2. The van der Waals surface area contributed by atoms with Gasteiger partial charge in [-0.15, -0.1) is 0 Å². The molecule has 1 aromatic carbocycles. The van der Waals surface area contributed by atoms with Gasteiger partial charge in [-0.2, -0.15) is 0 Å². The van der Waals surface area contributed by atoms with E-state index in [1.165, 1.54) is 12.5 Å². The normalized spacial score (nSPS) is 10.1. The van der Waals surface area contributed by atoms with E-state index in [1.807, 2.05) is 37.3 Å². The van der Waals surface area contributed by atoms with Gasteiger partial charge < -0.3 is 9.32 Å². The Hall–Kier alpha value is -2.03. The van der Waals surface area contributed by atoms with Crippen LogP contribution in [0.5, 0.6) is 0 Å². The van der Waals surface area contributed by atoms with Crippen LogP contribution >= 0.6 is 0 Å². The van der Waals surface area contributed by atoms with E-state index in [2.05, 4.69) is 0 Å². The number of anilines is 1. The summed E-state index contributed by atoms with van der Waals surface area (Å²) in [5.74, 6) is -0.0394. The van der Waals surface area contributed by atoms with Crippen LogP contribution in [0.3, 0.4) is 0 Å². The van der Waals surface area contributed by atoms with Gasteiger partial charge in [-0.3, -0.25) is 4.79 Å². The van der Waals surface area contributed by atoms with Gasteiger partial charge >= 0.3 is 0 Å². The van der Waals surface area contributed by atoms with Crippen molar-refractivity contribution in [3.8, 4) is 0 Å². The molecule has 0 aliphatic heterocycles. The van der Waals surface area contributed by atoms with Crippen molar-refractivity contribution in [3.63, 3.8) is 0 Å². The van der Waals surface area contributed by atoms with Gasteiger partial charge in [0, 0.05) is 12.2 Å². The number of furan rings is 1. The molecule has 0 saturated carbocycles. The zero-order valence-corrected chi connectivity index (χ0v) is 9.09. The first-order valence-electron chi connectivity index (χ1n) is 5.22. The predicted octanol–water partition coefficient (Wildman–Crippen LogP) is 2.95. The van der Waals surface area contributed by atoms with E-state index in [4.69, 9.17) is 4.42 Å². The molecule has 0 aliphatic carbocycles. The van der Waals surface area contributed by atoms with Crippen LogP contribution in [-0.4, -0.2) is 12.5 Å². The number of carbonyl (C=O) groups excluding carboxylic acids is 1. The molecule has 0 unspecified atom stereocenters. The number of hydrogen-bond acceptors (Lipinski definition) is 2. The predicted molar refractivity (Wildman–Crippen MR) is 62.5 cm³/mol. The first-order chi connectivity index (χ1) is 7.83. The molecule has 0 aliphatic rings. The molecule has 0 saturated heterocycles. The molecule has 2 aromatic rings. The Bertz CT molecular complexity index is 448. The number of benzene rings is 1. The third-order valence-corrected chi connectivity index (χ3v) is 2.40. The quantitative estimate of drug-likeness (QED) is 0.788. The molecule has 0 bridgehead atoms. The first-order valence-corrected chi connectivity index (χ1v) is 5.22. The van der Waals surface area contributed by atoms with Gasteiger partial charge in [0.2, 0.25) is 0 Å². The van der Waals surface area contributed by atoms with E-state index in [0.717, 1.165) is 5.69 Å². The van der Waals surface area contributed by atoms with Crippen molar-refractivity contribution in [2.45, 2.75) is 6.92 Å². The molecule has 0 atom stereocenters. The van der Waals surface area contributed by atoms with Gasteiger partial charge in [0.1, 0.15) is 6.26 Å².